The summed E-state index contributed by atoms with van der Waals surface area (Å²) in [6.07, 6.45) is 0. The lowest BCUT2D eigenvalue weighted by Gasteiger charge is -2.05. The monoisotopic (exact) mass is 256 g/mol. The van der Waals surface area contributed by atoms with Gasteiger partial charge in [-0.15, -0.1) is 0 Å². The van der Waals surface area contributed by atoms with Crippen LogP contribution in [0.25, 0.3) is 22.3 Å². The Hall–Kier alpha value is -2.59. The van der Waals surface area contributed by atoms with Gasteiger partial charge in [0.15, 0.2) is 5.76 Å². The Morgan fingerprint density at radius 1 is 0.895 bits per heavy atom. The van der Waals surface area contributed by atoms with Gasteiger partial charge in [-0.2, -0.15) is 0 Å². The summed E-state index contributed by atoms with van der Waals surface area (Å²) in [6.45, 7) is 0. The number of hydrogen-bond donors (Lipinski definition) is 1. The minimum Gasteiger partial charge on any atom is -0.502 e. The van der Waals surface area contributed by atoms with E-state index in [2.05, 4.69) is 0 Å². The second-order valence-electron chi connectivity index (χ2n) is 3.97. The van der Waals surface area contributed by atoms with Crippen LogP contribution in [-0.2, 0) is 0 Å². The molecule has 1 heterocycles. The molecule has 19 heavy (non-hydrogen) atoms. The van der Waals surface area contributed by atoms with Gasteiger partial charge >= 0.3 is 0 Å². The summed E-state index contributed by atoms with van der Waals surface area (Å²) in [5, 5.41) is 10.3. The maximum Gasteiger partial charge on any atom is 0.235 e. The molecule has 3 rings (SSSR count). The molecular weight excluding hydrogens is 244 g/mol. The van der Waals surface area contributed by atoms with Crippen LogP contribution in [0.1, 0.15) is 0 Å². The second-order valence-corrected chi connectivity index (χ2v) is 3.97. The Morgan fingerprint density at radius 2 is 1.53 bits per heavy atom. The molecule has 0 amide bonds. The molecule has 0 saturated carbocycles. The van der Waals surface area contributed by atoms with Gasteiger partial charge in [-0.05, 0) is 12.1 Å². The van der Waals surface area contributed by atoms with E-state index in [0.717, 1.165) is 0 Å². The molecule has 0 aliphatic carbocycles. The summed E-state index contributed by atoms with van der Waals surface area (Å²) in [6, 6.07) is 15.9. The van der Waals surface area contributed by atoms with E-state index in [4.69, 9.17) is 4.42 Å². The highest BCUT2D eigenvalue weighted by Gasteiger charge is 2.14. The van der Waals surface area contributed by atoms with E-state index in [1.165, 1.54) is 0 Å². The van der Waals surface area contributed by atoms with Crippen molar-refractivity contribution in [1.29, 1.82) is 0 Å². The lowest BCUT2D eigenvalue weighted by molar-refractivity contribution is 0.449. The summed E-state index contributed by atoms with van der Waals surface area (Å²) >= 11 is 0. The lowest BCUT2D eigenvalue weighted by atomic mass is 10.1. The van der Waals surface area contributed by atoms with Gasteiger partial charge in [0.1, 0.15) is 5.58 Å². The van der Waals surface area contributed by atoms with Crippen LogP contribution in [-0.4, -0.2) is 10.6 Å². The van der Waals surface area contributed by atoms with Crippen molar-refractivity contribution in [1.82, 2.24) is 0 Å². The van der Waals surface area contributed by atoms with Crippen LogP contribution in [0.2, 0.25) is 0 Å². The molecule has 3 aromatic rings. The third-order valence-electron chi connectivity index (χ3n) is 2.81. The SMILES string of the molecule is O.O=c1c(O)c(-c2ccccc2)oc2ccccc12. The Labute approximate surface area is 108 Å². The van der Waals surface area contributed by atoms with Crippen molar-refractivity contribution >= 4 is 11.0 Å². The van der Waals surface area contributed by atoms with Gasteiger partial charge in [-0.3, -0.25) is 4.79 Å². The fourth-order valence-corrected chi connectivity index (χ4v) is 1.92. The molecule has 96 valence electrons. The van der Waals surface area contributed by atoms with E-state index in [9.17, 15) is 9.90 Å². The number of hydrogen-bond acceptors (Lipinski definition) is 3. The Balaban J connectivity index is 0.00000133. The minimum absolute atomic E-state index is 0. The smallest absolute Gasteiger partial charge is 0.235 e. The zero-order valence-corrected chi connectivity index (χ0v) is 9.96. The van der Waals surface area contributed by atoms with Crippen molar-refractivity contribution in [3.8, 4) is 17.1 Å². The van der Waals surface area contributed by atoms with Crippen LogP contribution < -0.4 is 5.43 Å². The van der Waals surface area contributed by atoms with Crippen LogP contribution in [0, 0.1) is 0 Å². The fraction of sp³-hybridized carbons (Fsp3) is 0. The predicted molar refractivity (Wildman–Crippen MR) is 73.2 cm³/mol. The van der Waals surface area contributed by atoms with Crippen LogP contribution >= 0.6 is 0 Å². The predicted octanol–water partition coefficient (Wildman–Crippen LogP) is 2.34. The van der Waals surface area contributed by atoms with Crippen molar-refractivity contribution in [3.63, 3.8) is 0 Å². The summed E-state index contributed by atoms with van der Waals surface area (Å²) in [4.78, 5) is 12.0. The van der Waals surface area contributed by atoms with E-state index >= 15 is 0 Å². The third-order valence-corrected chi connectivity index (χ3v) is 2.81. The number of fused-ring (bicyclic) bond motifs is 1. The van der Waals surface area contributed by atoms with Gasteiger partial charge in [0.2, 0.25) is 11.2 Å². The first-order valence-corrected chi connectivity index (χ1v) is 5.57. The van der Waals surface area contributed by atoms with Crippen molar-refractivity contribution in [2.75, 3.05) is 0 Å². The molecule has 0 spiro atoms. The highest BCUT2D eigenvalue weighted by Crippen LogP contribution is 2.29. The largest absolute Gasteiger partial charge is 0.502 e. The Bertz CT molecular complexity index is 760. The molecule has 0 aliphatic rings. The van der Waals surface area contributed by atoms with Gasteiger partial charge in [-0.25, -0.2) is 0 Å². The Kier molecular flexibility index (Phi) is 3.35. The highest BCUT2D eigenvalue weighted by molar-refractivity contribution is 5.81. The van der Waals surface area contributed by atoms with Crippen LogP contribution in [0.4, 0.5) is 0 Å². The van der Waals surface area contributed by atoms with E-state index in [0.29, 0.717) is 16.5 Å². The molecule has 4 nitrogen and oxygen atoms in total. The molecule has 2 aromatic carbocycles. The lowest BCUT2D eigenvalue weighted by Crippen LogP contribution is -2.02. The zero-order chi connectivity index (χ0) is 12.5. The van der Waals surface area contributed by atoms with Gasteiger partial charge in [0.25, 0.3) is 0 Å². The summed E-state index contributed by atoms with van der Waals surface area (Å²) < 4.78 is 5.61. The molecule has 0 atom stereocenters. The first-order chi connectivity index (χ1) is 8.77. The number of rotatable bonds is 1. The summed E-state index contributed by atoms with van der Waals surface area (Å²) in [5.41, 5.74) is 0.743. The molecule has 0 unspecified atom stereocenters. The Morgan fingerprint density at radius 3 is 2.26 bits per heavy atom. The molecule has 0 fully saturated rings. The number of benzene rings is 2. The summed E-state index contributed by atoms with van der Waals surface area (Å²) in [7, 11) is 0. The molecule has 0 aliphatic heterocycles. The van der Waals surface area contributed by atoms with E-state index in [1.807, 2.05) is 18.2 Å². The number of aromatic hydroxyl groups is 1. The molecule has 0 bridgehead atoms. The molecule has 0 saturated heterocycles. The van der Waals surface area contributed by atoms with Crippen LogP contribution in [0.5, 0.6) is 5.75 Å². The molecule has 0 radical (unpaired) electrons. The van der Waals surface area contributed by atoms with Crippen LogP contribution in [0.3, 0.4) is 0 Å². The number of para-hydroxylation sites is 1. The summed E-state index contributed by atoms with van der Waals surface area (Å²) in [5.74, 6) is -0.140. The van der Waals surface area contributed by atoms with Crippen molar-refractivity contribution < 1.29 is 15.0 Å². The van der Waals surface area contributed by atoms with Gasteiger partial charge in [-0.1, -0.05) is 42.5 Å². The molecule has 3 N–H and O–H groups in total. The average Bonchev–Trinajstić information content (AvgIpc) is 2.44. The molecule has 1 aromatic heterocycles. The zero-order valence-electron chi connectivity index (χ0n) is 9.96. The van der Waals surface area contributed by atoms with E-state index in [1.54, 1.807) is 36.4 Å². The minimum atomic E-state index is -0.407. The van der Waals surface area contributed by atoms with Crippen molar-refractivity contribution in [2.45, 2.75) is 0 Å². The maximum absolute atomic E-state index is 12.0. The van der Waals surface area contributed by atoms with Gasteiger partial charge in [0.05, 0.1) is 5.39 Å². The van der Waals surface area contributed by atoms with E-state index < -0.39 is 5.43 Å². The second kappa shape index (κ2) is 4.96. The van der Waals surface area contributed by atoms with Crippen molar-refractivity contribution in [3.05, 3.63) is 64.8 Å². The highest BCUT2D eigenvalue weighted by atomic mass is 16.4. The van der Waals surface area contributed by atoms with Crippen molar-refractivity contribution in [2.24, 2.45) is 0 Å². The van der Waals surface area contributed by atoms with Gasteiger partial charge in [0, 0.05) is 5.56 Å². The van der Waals surface area contributed by atoms with E-state index in [-0.39, 0.29) is 17.0 Å². The molecule has 4 heteroatoms. The van der Waals surface area contributed by atoms with Gasteiger partial charge < -0.3 is 15.0 Å². The topological polar surface area (TPSA) is 81.9 Å². The quantitative estimate of drug-likeness (QED) is 0.725. The standard InChI is InChI=1S/C15H10O3.H2O/c16-13-11-8-4-5-9-12(11)18-15(14(13)17)10-6-2-1-3-7-10;/h1-9,17H;1H2. The fourth-order valence-electron chi connectivity index (χ4n) is 1.92. The average molecular weight is 256 g/mol. The molecular formula is C15H12O4. The maximum atomic E-state index is 12.0. The first-order valence-electron chi connectivity index (χ1n) is 5.57. The third kappa shape index (κ3) is 2.09. The van der Waals surface area contributed by atoms with Crippen LogP contribution in [0.15, 0.2) is 63.8 Å². The first kappa shape index (κ1) is 12.9. The normalized spacial score (nSPS) is 10.1.